The van der Waals surface area contributed by atoms with Gasteiger partial charge < -0.3 is 25.2 Å². The van der Waals surface area contributed by atoms with Gasteiger partial charge in [0.25, 0.3) is 5.91 Å². The molecule has 1 aromatic rings. The number of rotatable bonds is 6. The molecule has 0 saturated heterocycles. The van der Waals surface area contributed by atoms with Gasteiger partial charge in [-0.2, -0.15) is 5.26 Å². The zero-order valence-corrected chi connectivity index (χ0v) is 14.2. The fourth-order valence-electron chi connectivity index (χ4n) is 2.66. The van der Waals surface area contributed by atoms with Gasteiger partial charge in [-0.05, 0) is 24.6 Å². The molecule has 136 valence electrons. The summed E-state index contributed by atoms with van der Waals surface area (Å²) < 4.78 is 4.68. The van der Waals surface area contributed by atoms with Crippen LogP contribution in [0.5, 0.6) is 0 Å². The highest BCUT2D eigenvalue weighted by Crippen LogP contribution is 2.28. The number of nitrogens with zero attached hydrogens (tertiary/aromatic N) is 2. The summed E-state index contributed by atoms with van der Waals surface area (Å²) in [5, 5.41) is 30.2. The second-order valence-electron chi connectivity index (χ2n) is 5.55. The van der Waals surface area contributed by atoms with Crippen LogP contribution in [0, 0.1) is 18.3 Å². The van der Waals surface area contributed by atoms with E-state index in [4.69, 9.17) is 10.4 Å². The van der Waals surface area contributed by atoms with E-state index in [2.05, 4.69) is 10.1 Å². The van der Waals surface area contributed by atoms with Gasteiger partial charge in [-0.25, -0.2) is 9.59 Å². The Kier molecular flexibility index (Phi) is 5.59. The number of anilines is 1. The van der Waals surface area contributed by atoms with Crippen LogP contribution in [-0.2, 0) is 14.3 Å². The summed E-state index contributed by atoms with van der Waals surface area (Å²) in [6, 6.07) is 4.52. The van der Waals surface area contributed by atoms with Gasteiger partial charge >= 0.3 is 11.9 Å². The quantitative estimate of drug-likeness (QED) is 0.614. The van der Waals surface area contributed by atoms with E-state index in [0.717, 1.165) is 0 Å². The molecule has 1 aliphatic rings. The number of benzene rings is 1. The highest BCUT2D eigenvalue weighted by molar-refractivity contribution is 6.09. The number of amides is 1. The molecule has 1 aliphatic heterocycles. The fraction of sp³-hybridized carbons (Fsp3) is 0.294. The molecule has 0 spiro atoms. The Morgan fingerprint density at radius 3 is 2.65 bits per heavy atom. The lowest BCUT2D eigenvalue weighted by atomic mass is 10.0. The van der Waals surface area contributed by atoms with Gasteiger partial charge in [-0.1, -0.05) is 0 Å². The summed E-state index contributed by atoms with van der Waals surface area (Å²) in [7, 11) is 1.17. The number of hydrogen-bond acceptors (Lipinski definition) is 7. The number of aryl methyl sites for hydroxylation is 1. The molecule has 0 radical (unpaired) electrons. The molecule has 9 heteroatoms. The zero-order valence-electron chi connectivity index (χ0n) is 14.2. The van der Waals surface area contributed by atoms with E-state index < -0.39 is 17.8 Å². The number of ether oxygens (including phenoxy) is 1. The molecule has 1 amide bonds. The standard InChI is InChI=1S/C17H17N3O6/c1-9-5-10(7-18)6-11(16(23)24)13(9)19-14-12(17(25)26-2)8-20(3-4-21)15(14)22/h5-6,19,21H,3-4,8H2,1-2H3,(H,23,24). The first-order valence-corrected chi connectivity index (χ1v) is 7.60. The van der Waals surface area contributed by atoms with Crippen molar-refractivity contribution >= 4 is 23.5 Å². The third-order valence-corrected chi connectivity index (χ3v) is 3.90. The molecule has 0 bridgehead atoms. The predicted molar refractivity (Wildman–Crippen MR) is 89.2 cm³/mol. The third-order valence-electron chi connectivity index (χ3n) is 3.90. The molecular formula is C17H17N3O6. The van der Waals surface area contributed by atoms with E-state index in [0.29, 0.717) is 5.56 Å². The number of hydrogen-bond donors (Lipinski definition) is 3. The van der Waals surface area contributed by atoms with Gasteiger partial charge in [-0.3, -0.25) is 4.79 Å². The van der Waals surface area contributed by atoms with Crippen molar-refractivity contribution in [1.29, 1.82) is 5.26 Å². The van der Waals surface area contributed by atoms with E-state index in [1.165, 1.54) is 24.1 Å². The summed E-state index contributed by atoms with van der Waals surface area (Å²) in [5.41, 5.74) is 0.407. The lowest BCUT2D eigenvalue weighted by molar-refractivity contribution is -0.136. The molecular weight excluding hydrogens is 342 g/mol. The van der Waals surface area contributed by atoms with Crippen LogP contribution in [0.4, 0.5) is 5.69 Å². The van der Waals surface area contributed by atoms with E-state index in [9.17, 15) is 19.5 Å². The Morgan fingerprint density at radius 1 is 1.42 bits per heavy atom. The first kappa shape index (κ1) is 19.0. The maximum Gasteiger partial charge on any atom is 0.337 e. The van der Waals surface area contributed by atoms with Gasteiger partial charge in [0, 0.05) is 6.54 Å². The maximum absolute atomic E-state index is 12.5. The second kappa shape index (κ2) is 7.67. The number of carbonyl (C=O) groups excluding carboxylic acids is 2. The molecule has 3 N–H and O–H groups in total. The fourth-order valence-corrected chi connectivity index (χ4v) is 2.66. The first-order chi connectivity index (χ1) is 12.3. The smallest absolute Gasteiger partial charge is 0.337 e. The number of aliphatic hydroxyl groups excluding tert-OH is 1. The number of methoxy groups -OCH3 is 1. The number of aliphatic hydroxyl groups is 1. The van der Waals surface area contributed by atoms with Gasteiger partial charge in [0.05, 0.1) is 48.7 Å². The Hall–Kier alpha value is -3.38. The van der Waals surface area contributed by atoms with Crippen LogP contribution < -0.4 is 5.32 Å². The number of nitriles is 1. The number of β-amino-alcohol motifs (C(OH)–C–C–N with tert-alkyl or cyclic N) is 1. The molecule has 26 heavy (non-hydrogen) atoms. The van der Waals surface area contributed by atoms with E-state index in [-0.39, 0.29) is 47.8 Å². The van der Waals surface area contributed by atoms with Gasteiger partial charge in [0.2, 0.25) is 0 Å². The van der Waals surface area contributed by atoms with Crippen molar-refractivity contribution in [3.8, 4) is 6.07 Å². The van der Waals surface area contributed by atoms with Gasteiger partial charge in [0.15, 0.2) is 0 Å². The van der Waals surface area contributed by atoms with Gasteiger partial charge in [0.1, 0.15) is 5.70 Å². The molecule has 0 atom stereocenters. The first-order valence-electron chi connectivity index (χ1n) is 7.60. The summed E-state index contributed by atoms with van der Waals surface area (Å²) >= 11 is 0. The van der Waals surface area contributed by atoms with Crippen LogP contribution in [0.1, 0.15) is 21.5 Å². The minimum Gasteiger partial charge on any atom is -0.478 e. The summed E-state index contributed by atoms with van der Waals surface area (Å²) in [6.07, 6.45) is 0. The number of aromatic carboxylic acids is 1. The molecule has 0 unspecified atom stereocenters. The minimum absolute atomic E-state index is 0.0165. The maximum atomic E-state index is 12.5. The van der Waals surface area contributed by atoms with Crippen LogP contribution in [0.2, 0.25) is 0 Å². The number of nitrogens with one attached hydrogen (secondary N) is 1. The topological polar surface area (TPSA) is 140 Å². The van der Waals surface area contributed by atoms with E-state index >= 15 is 0 Å². The summed E-state index contributed by atoms with van der Waals surface area (Å²) in [5.74, 6) is -2.57. The van der Waals surface area contributed by atoms with Crippen LogP contribution >= 0.6 is 0 Å². The Balaban J connectivity index is 2.54. The molecule has 0 fully saturated rings. The number of carbonyl (C=O) groups is 3. The van der Waals surface area contributed by atoms with Crippen molar-refractivity contribution < 1.29 is 29.3 Å². The number of carboxylic acids is 1. The van der Waals surface area contributed by atoms with Crippen molar-refractivity contribution in [2.75, 3.05) is 32.1 Å². The number of carboxylic acid groups (broad SMARTS) is 1. The van der Waals surface area contributed by atoms with Crippen LogP contribution in [0.15, 0.2) is 23.4 Å². The molecule has 9 nitrogen and oxygen atoms in total. The lowest BCUT2D eigenvalue weighted by Crippen LogP contribution is -2.31. The Bertz CT molecular complexity index is 853. The molecule has 2 rings (SSSR count). The van der Waals surface area contributed by atoms with Crippen molar-refractivity contribution in [3.05, 3.63) is 40.1 Å². The second-order valence-corrected chi connectivity index (χ2v) is 5.55. The third kappa shape index (κ3) is 3.50. The average molecular weight is 359 g/mol. The largest absolute Gasteiger partial charge is 0.478 e. The normalized spacial score (nSPS) is 13.6. The highest BCUT2D eigenvalue weighted by Gasteiger charge is 2.35. The molecule has 1 aromatic carbocycles. The molecule has 1 heterocycles. The minimum atomic E-state index is -1.29. The van der Waals surface area contributed by atoms with Crippen molar-refractivity contribution in [2.45, 2.75) is 6.92 Å². The Labute approximate surface area is 149 Å². The lowest BCUT2D eigenvalue weighted by Gasteiger charge is -2.16. The van der Waals surface area contributed by atoms with Crippen molar-refractivity contribution in [2.24, 2.45) is 0 Å². The summed E-state index contributed by atoms with van der Waals surface area (Å²) in [4.78, 5) is 37.3. The van der Waals surface area contributed by atoms with Crippen LogP contribution in [0.3, 0.4) is 0 Å². The SMILES string of the molecule is COC(=O)C1=C(Nc2c(C)cc(C#N)cc2C(=O)O)C(=O)N(CCO)C1. The highest BCUT2D eigenvalue weighted by atomic mass is 16.5. The Morgan fingerprint density at radius 2 is 2.12 bits per heavy atom. The van der Waals surface area contributed by atoms with Crippen molar-refractivity contribution in [3.63, 3.8) is 0 Å². The molecule has 0 saturated carbocycles. The van der Waals surface area contributed by atoms with Crippen LogP contribution in [-0.4, -0.2) is 59.8 Å². The predicted octanol–water partition coefficient (Wildman–Crippen LogP) is 0.238. The summed E-state index contributed by atoms with van der Waals surface area (Å²) in [6.45, 7) is 1.25. The zero-order chi connectivity index (χ0) is 19.4. The monoisotopic (exact) mass is 359 g/mol. The van der Waals surface area contributed by atoms with Crippen LogP contribution in [0.25, 0.3) is 0 Å². The number of esters is 1. The van der Waals surface area contributed by atoms with E-state index in [1.54, 1.807) is 6.92 Å². The van der Waals surface area contributed by atoms with E-state index in [1.807, 2.05) is 6.07 Å². The average Bonchev–Trinajstić information content (AvgIpc) is 2.92. The molecule has 0 aliphatic carbocycles. The van der Waals surface area contributed by atoms with Crippen molar-refractivity contribution in [1.82, 2.24) is 4.90 Å². The van der Waals surface area contributed by atoms with Gasteiger partial charge in [-0.15, -0.1) is 0 Å². The molecule has 0 aromatic heterocycles.